The van der Waals surface area contributed by atoms with Gasteiger partial charge in [0.05, 0.1) is 0 Å². The van der Waals surface area contributed by atoms with Crippen molar-refractivity contribution in [3.8, 4) is 5.75 Å². The van der Waals surface area contributed by atoms with Gasteiger partial charge in [0.1, 0.15) is 17.9 Å². The van der Waals surface area contributed by atoms with E-state index in [1.54, 1.807) is 17.2 Å². The van der Waals surface area contributed by atoms with Gasteiger partial charge in [-0.3, -0.25) is 29.6 Å². The van der Waals surface area contributed by atoms with Gasteiger partial charge in [0.2, 0.25) is 11.8 Å². The van der Waals surface area contributed by atoms with Crippen LogP contribution in [0.1, 0.15) is 46.3 Å². The van der Waals surface area contributed by atoms with Gasteiger partial charge in [-0.25, -0.2) is 0 Å². The fraction of sp³-hybridized carbons (Fsp3) is 0.355. The number of ether oxygens (including phenoxy) is 1. The highest BCUT2D eigenvalue weighted by Crippen LogP contribution is 2.31. The Bertz CT molecular complexity index is 1380. The Balaban J connectivity index is 1.17. The van der Waals surface area contributed by atoms with Crippen molar-refractivity contribution in [2.45, 2.75) is 57.1 Å². The lowest BCUT2D eigenvalue weighted by molar-refractivity contribution is -0.136. The number of fused-ring (bicyclic) bond motifs is 1. The number of benzene rings is 2. The summed E-state index contributed by atoms with van der Waals surface area (Å²) in [7, 11) is 0. The fourth-order valence-electron chi connectivity index (χ4n) is 5.87. The lowest BCUT2D eigenvalue weighted by Crippen LogP contribution is -2.54. The molecule has 0 saturated carbocycles. The maximum atomic E-state index is 13.1. The molecule has 1 aromatic heterocycles. The Morgan fingerprint density at radius 2 is 1.85 bits per heavy atom. The minimum atomic E-state index is -0.632. The summed E-state index contributed by atoms with van der Waals surface area (Å²) in [6.45, 7) is 3.58. The summed E-state index contributed by atoms with van der Waals surface area (Å²) < 4.78 is 6.63. The lowest BCUT2D eigenvalue weighted by Gasteiger charge is -2.39. The molecule has 3 aliphatic rings. The molecular weight excluding hydrogens is 506 g/mol. The van der Waals surface area contributed by atoms with Crippen LogP contribution >= 0.6 is 0 Å². The minimum absolute atomic E-state index is 0.101. The van der Waals surface area contributed by atoms with Crippen LogP contribution in [-0.4, -0.2) is 63.8 Å². The van der Waals surface area contributed by atoms with Crippen LogP contribution in [0.25, 0.3) is 0 Å². The first kappa shape index (κ1) is 26.2. The molecular formula is C31H33N5O4. The number of pyridine rings is 1. The summed E-state index contributed by atoms with van der Waals surface area (Å²) in [6, 6.07) is 19.5. The van der Waals surface area contributed by atoms with Gasteiger partial charge in [0.25, 0.3) is 5.91 Å². The van der Waals surface area contributed by atoms with Crippen molar-refractivity contribution >= 4 is 17.7 Å². The molecule has 2 fully saturated rings. The van der Waals surface area contributed by atoms with E-state index in [0.717, 1.165) is 38.2 Å². The molecule has 0 spiro atoms. The SMILES string of the molecule is O=C1CCC(N2Cc3cc(OC4CN(Cc5cccnc5)CC[C@H]4NCc4ccccc4)ccc3C2=O)C(=O)N1. The minimum Gasteiger partial charge on any atom is -0.487 e. The van der Waals surface area contributed by atoms with Crippen molar-refractivity contribution in [2.75, 3.05) is 13.1 Å². The Kier molecular flexibility index (Phi) is 7.57. The van der Waals surface area contributed by atoms with Gasteiger partial charge in [-0.15, -0.1) is 0 Å². The molecule has 4 heterocycles. The lowest BCUT2D eigenvalue weighted by atomic mass is 10.00. The zero-order chi connectivity index (χ0) is 27.5. The predicted octanol–water partition coefficient (Wildman–Crippen LogP) is 2.65. The monoisotopic (exact) mass is 539 g/mol. The van der Waals surface area contributed by atoms with Gasteiger partial charge in [-0.2, -0.15) is 0 Å². The van der Waals surface area contributed by atoms with E-state index < -0.39 is 11.9 Å². The number of amides is 3. The van der Waals surface area contributed by atoms with Crippen LogP contribution in [0.5, 0.6) is 5.75 Å². The molecule has 2 unspecified atom stereocenters. The van der Waals surface area contributed by atoms with Crippen LogP contribution in [0.15, 0.2) is 73.1 Å². The van der Waals surface area contributed by atoms with E-state index in [4.69, 9.17) is 4.74 Å². The number of carbonyl (C=O) groups excluding carboxylic acids is 3. The van der Waals surface area contributed by atoms with Gasteiger partial charge in [0.15, 0.2) is 0 Å². The average molecular weight is 540 g/mol. The van der Waals surface area contributed by atoms with Gasteiger partial charge in [-0.05, 0) is 53.8 Å². The molecule has 0 aliphatic carbocycles. The van der Waals surface area contributed by atoms with Gasteiger partial charge >= 0.3 is 0 Å². The fourth-order valence-corrected chi connectivity index (χ4v) is 5.87. The molecule has 0 bridgehead atoms. The van der Waals surface area contributed by atoms with Crippen LogP contribution in [0.2, 0.25) is 0 Å². The molecule has 2 N–H and O–H groups in total. The highest BCUT2D eigenvalue weighted by molar-refractivity contribution is 6.05. The van der Waals surface area contributed by atoms with Gasteiger partial charge < -0.3 is 15.0 Å². The summed E-state index contributed by atoms with van der Waals surface area (Å²) in [6.07, 6.45) is 5.10. The maximum Gasteiger partial charge on any atom is 0.255 e. The first-order valence-electron chi connectivity index (χ1n) is 13.9. The molecule has 3 aliphatic heterocycles. The number of rotatable bonds is 8. The number of piperidine rings is 2. The first-order valence-corrected chi connectivity index (χ1v) is 13.9. The smallest absolute Gasteiger partial charge is 0.255 e. The first-order chi connectivity index (χ1) is 19.5. The maximum absolute atomic E-state index is 13.1. The highest BCUT2D eigenvalue weighted by atomic mass is 16.5. The summed E-state index contributed by atoms with van der Waals surface area (Å²) >= 11 is 0. The van der Waals surface area contributed by atoms with Crippen molar-refractivity contribution in [3.63, 3.8) is 0 Å². The van der Waals surface area contributed by atoms with E-state index in [2.05, 4.69) is 38.7 Å². The normalized spacial score (nSPS) is 23.1. The number of nitrogens with one attached hydrogen (secondary N) is 2. The number of hydrogen-bond acceptors (Lipinski definition) is 7. The highest BCUT2D eigenvalue weighted by Gasteiger charge is 2.39. The largest absolute Gasteiger partial charge is 0.487 e. The zero-order valence-corrected chi connectivity index (χ0v) is 22.3. The van der Waals surface area contributed by atoms with Gasteiger partial charge in [-0.1, -0.05) is 36.4 Å². The summed E-state index contributed by atoms with van der Waals surface area (Å²) in [5.41, 5.74) is 3.81. The zero-order valence-electron chi connectivity index (χ0n) is 22.3. The van der Waals surface area contributed by atoms with Crippen LogP contribution < -0.4 is 15.4 Å². The molecule has 9 heteroatoms. The molecule has 9 nitrogen and oxygen atoms in total. The van der Waals surface area contributed by atoms with Gasteiger partial charge in [0, 0.05) is 63.1 Å². The van der Waals surface area contributed by atoms with Crippen LogP contribution in [0.4, 0.5) is 0 Å². The van der Waals surface area contributed by atoms with E-state index in [1.165, 1.54) is 11.1 Å². The third kappa shape index (κ3) is 5.76. The number of likely N-dealkylation sites (tertiary alicyclic amines) is 1. The van der Waals surface area contributed by atoms with Crippen LogP contribution in [0, 0.1) is 0 Å². The molecule has 6 rings (SSSR count). The number of carbonyl (C=O) groups is 3. The molecule has 3 aromatic rings. The Labute approximate surface area is 233 Å². The number of hydrogen-bond donors (Lipinski definition) is 2. The third-order valence-electron chi connectivity index (χ3n) is 7.97. The number of nitrogens with zero attached hydrogens (tertiary/aromatic N) is 3. The second-order valence-electron chi connectivity index (χ2n) is 10.7. The summed E-state index contributed by atoms with van der Waals surface area (Å²) in [5.74, 6) is -0.172. The topological polar surface area (TPSA) is 104 Å². The number of aromatic nitrogens is 1. The standard InChI is InChI=1S/C31H33N5O4/c37-29-11-10-27(30(38)34-29)36-19-23-15-24(8-9-25(23)31(36)39)40-28-20-35(18-22-7-4-13-32-16-22)14-12-26(28)33-17-21-5-2-1-3-6-21/h1-9,13,15-16,26-28,33H,10-12,14,17-20H2,(H,34,37,38)/t26-,27?,28?/m1/s1. The second-order valence-corrected chi connectivity index (χ2v) is 10.7. The Morgan fingerprint density at radius 1 is 1.00 bits per heavy atom. The predicted molar refractivity (Wildman–Crippen MR) is 148 cm³/mol. The Hall–Kier alpha value is -4.08. The van der Waals surface area contributed by atoms with Crippen LogP contribution in [0.3, 0.4) is 0 Å². The third-order valence-corrected chi connectivity index (χ3v) is 7.97. The summed E-state index contributed by atoms with van der Waals surface area (Å²) in [4.78, 5) is 45.3. The Morgan fingerprint density at radius 3 is 2.65 bits per heavy atom. The molecule has 40 heavy (non-hydrogen) atoms. The van der Waals surface area contributed by atoms with Crippen molar-refractivity contribution < 1.29 is 19.1 Å². The van der Waals surface area contributed by atoms with E-state index in [9.17, 15) is 14.4 Å². The quantitative estimate of drug-likeness (QED) is 0.424. The van der Waals surface area contributed by atoms with Crippen molar-refractivity contribution in [1.82, 2.24) is 25.4 Å². The van der Waals surface area contributed by atoms with E-state index >= 15 is 0 Å². The molecule has 3 amide bonds. The molecule has 2 aromatic carbocycles. The van der Waals surface area contributed by atoms with Crippen LogP contribution in [-0.2, 0) is 29.2 Å². The molecule has 3 atom stereocenters. The number of imide groups is 1. The van der Waals surface area contributed by atoms with Crippen molar-refractivity contribution in [3.05, 3.63) is 95.3 Å². The summed E-state index contributed by atoms with van der Waals surface area (Å²) in [5, 5.41) is 6.07. The van der Waals surface area contributed by atoms with E-state index in [-0.39, 0.29) is 30.4 Å². The molecule has 2 saturated heterocycles. The van der Waals surface area contributed by atoms with Crippen molar-refractivity contribution in [2.24, 2.45) is 0 Å². The average Bonchev–Trinajstić information content (AvgIpc) is 3.29. The van der Waals surface area contributed by atoms with Crippen molar-refractivity contribution in [1.29, 1.82) is 0 Å². The molecule has 0 radical (unpaired) electrons. The van der Waals surface area contributed by atoms with E-state index in [1.807, 2.05) is 42.6 Å². The molecule has 206 valence electrons. The van der Waals surface area contributed by atoms with E-state index in [0.29, 0.717) is 24.3 Å². The second kappa shape index (κ2) is 11.6.